The van der Waals surface area contributed by atoms with E-state index in [1.165, 1.54) is 38.3 Å². The average Bonchev–Trinajstić information content (AvgIpc) is 1.98. The van der Waals surface area contributed by atoms with Crippen molar-refractivity contribution in [3.05, 3.63) is 12.8 Å². The molecule has 4 heteroatoms. The van der Waals surface area contributed by atoms with E-state index >= 15 is 0 Å². The zero-order valence-corrected chi connectivity index (χ0v) is 8.42. The fourth-order valence-corrected chi connectivity index (χ4v) is 0.236. The van der Waals surface area contributed by atoms with Crippen LogP contribution < -0.4 is 0 Å². The normalized spacial score (nSPS) is 6.00. The van der Waals surface area contributed by atoms with Gasteiger partial charge in [0, 0.05) is 0 Å². The minimum absolute atomic E-state index is 1.14. The van der Waals surface area contributed by atoms with Gasteiger partial charge in [-0.1, -0.05) is 0 Å². The van der Waals surface area contributed by atoms with Crippen molar-refractivity contribution in [1.29, 1.82) is 0 Å². The van der Waals surface area contributed by atoms with E-state index in [2.05, 4.69) is 26.7 Å². The summed E-state index contributed by atoms with van der Waals surface area (Å²) in [7, 11) is 0. The van der Waals surface area contributed by atoms with E-state index in [0.29, 0.717) is 0 Å². The van der Waals surface area contributed by atoms with Crippen molar-refractivity contribution in [2.75, 3.05) is 0 Å². The van der Waals surface area contributed by atoms with Crippen LogP contribution >= 0.6 is 0 Å². The molecule has 0 aliphatic rings. The summed E-state index contributed by atoms with van der Waals surface area (Å²) in [4.78, 5) is 0. The van der Waals surface area contributed by atoms with Crippen LogP contribution in [-0.4, -0.2) is 0 Å². The van der Waals surface area contributed by atoms with Gasteiger partial charge >= 0.3 is 45.3 Å². The molecule has 0 aromatic carbocycles. The van der Waals surface area contributed by atoms with Crippen molar-refractivity contribution in [3.63, 3.8) is 0 Å². The summed E-state index contributed by atoms with van der Waals surface area (Å²) in [5.41, 5.74) is 0. The molecule has 0 aliphatic heterocycles. The summed E-state index contributed by atoms with van der Waals surface area (Å²) in [6.45, 7) is 4.11. The van der Waals surface area contributed by atoms with Gasteiger partial charge in [0.25, 0.3) is 0 Å². The van der Waals surface area contributed by atoms with Crippen LogP contribution in [0.25, 0.3) is 0 Å². The van der Waals surface area contributed by atoms with Crippen molar-refractivity contribution in [3.8, 4) is 0 Å². The number of unbranched alkanes of at least 4 members (excludes halogenated alkanes) is 2. The Morgan fingerprint density at radius 3 is 1.22 bits per heavy atom. The molecule has 0 amide bonds. The van der Waals surface area contributed by atoms with E-state index in [1.54, 1.807) is 0 Å². The molecular weight excluding hydrogens is 305 g/mol. The Balaban J connectivity index is -0.0000000771. The monoisotopic (exact) mass is 314 g/mol. The second-order valence-electron chi connectivity index (χ2n) is 1.05. The molecule has 0 aromatic rings. The summed E-state index contributed by atoms with van der Waals surface area (Å²) in [5.74, 6) is 0. The van der Waals surface area contributed by atoms with Crippen molar-refractivity contribution >= 4 is 0 Å². The Bertz CT molecular complexity index is 32.1. The molecule has 0 radical (unpaired) electrons. The molecule has 2 nitrogen and oxygen atoms in total. The second-order valence-corrected chi connectivity index (χ2v) is 1.05. The van der Waals surface area contributed by atoms with Gasteiger partial charge in [-0.15, -0.1) is 0 Å². The van der Waals surface area contributed by atoms with Crippen LogP contribution in [0.3, 0.4) is 0 Å². The molecule has 0 heterocycles. The van der Waals surface area contributed by atoms with Gasteiger partial charge in [-0.3, -0.25) is 0 Å². The number of hydrogen-bond donors (Lipinski definition) is 0. The van der Waals surface area contributed by atoms with Crippen LogP contribution in [0.1, 0.15) is 20.3 Å². The van der Waals surface area contributed by atoms with E-state index in [4.69, 9.17) is 6.94 Å². The molecule has 0 saturated heterocycles. The fraction of sp³-hybridized carbons (Fsp3) is 0.600. The quantitative estimate of drug-likeness (QED) is 0.573. The number of rotatable bonds is 2. The van der Waals surface area contributed by atoms with Crippen molar-refractivity contribution in [2.24, 2.45) is 0 Å². The van der Waals surface area contributed by atoms with Gasteiger partial charge < -0.3 is 19.3 Å². The maximum absolute atomic E-state index is 8.10. The summed E-state index contributed by atoms with van der Waals surface area (Å²) in [6, 6.07) is 0. The summed E-state index contributed by atoms with van der Waals surface area (Å²) in [5, 5.41) is 0. The van der Waals surface area contributed by atoms with Gasteiger partial charge in [-0.25, -0.2) is 0 Å². The van der Waals surface area contributed by atoms with Gasteiger partial charge in [0.1, 0.15) is 0 Å². The Morgan fingerprint density at radius 2 is 1.22 bits per heavy atom. The van der Waals surface area contributed by atoms with E-state index in [1.807, 2.05) is 0 Å². The van der Waals surface area contributed by atoms with Crippen LogP contribution in [0.5, 0.6) is 0 Å². The Kier molecular flexibility index (Phi) is 66.7. The first kappa shape index (κ1) is 16.5. The predicted octanol–water partition coefficient (Wildman–Crippen LogP) is 1.58. The minimum atomic E-state index is 1.14. The van der Waals surface area contributed by atoms with Crippen LogP contribution in [-0.2, 0) is 45.3 Å². The first-order valence-corrected chi connectivity index (χ1v) is 3.50. The Morgan fingerprint density at radius 1 is 1.00 bits per heavy atom. The van der Waals surface area contributed by atoms with Gasteiger partial charge in [0.15, 0.2) is 0 Å². The molecule has 0 bridgehead atoms. The molecule has 0 rings (SSSR count). The van der Waals surface area contributed by atoms with Crippen LogP contribution in [0.4, 0.5) is 0 Å². The second kappa shape index (κ2) is 36.4. The zero-order chi connectivity index (χ0) is 8.12. The van der Waals surface area contributed by atoms with Gasteiger partial charge in [-0.2, -0.15) is 13.8 Å². The van der Waals surface area contributed by atoms with Crippen molar-refractivity contribution < 1.29 is 45.3 Å². The van der Waals surface area contributed by atoms with E-state index in [9.17, 15) is 0 Å². The summed E-state index contributed by atoms with van der Waals surface area (Å²) >= 11 is 3.00. The molecule has 0 aromatic heterocycles. The van der Waals surface area contributed by atoms with E-state index in [0.717, 1.165) is 6.42 Å². The standard InChI is InChI=1S/C5H10.2O.2Pd/c1-3-5-4-2;;;;/h3-4H,5H2,1-2H3;;;;/q-2;;;;. The summed E-state index contributed by atoms with van der Waals surface area (Å²) < 4.78 is 16.2. The van der Waals surface area contributed by atoms with Crippen LogP contribution in [0.15, 0.2) is 0 Å². The van der Waals surface area contributed by atoms with Crippen molar-refractivity contribution in [1.82, 2.24) is 0 Å². The Hall–Kier alpha value is 0.925. The fourth-order valence-electron chi connectivity index (χ4n) is 0.236. The van der Waals surface area contributed by atoms with Crippen LogP contribution in [0.2, 0.25) is 0 Å². The van der Waals surface area contributed by atoms with Gasteiger partial charge in [0.05, 0.1) is 0 Å². The SMILES string of the molecule is C[CH-]C[CH-]C.[O]=[Pd].[O]=[Pd]. The molecule has 0 unspecified atom stereocenters. The third kappa shape index (κ3) is 50.0. The van der Waals surface area contributed by atoms with E-state index in [-0.39, 0.29) is 0 Å². The Labute approximate surface area is 78.2 Å². The molecule has 0 saturated carbocycles. The molecule has 64 valence electrons. The maximum atomic E-state index is 8.10. The van der Waals surface area contributed by atoms with Crippen LogP contribution in [0, 0.1) is 12.8 Å². The first-order chi connectivity index (χ1) is 4.41. The third-order valence-electron chi connectivity index (χ3n) is 0.471. The van der Waals surface area contributed by atoms with Gasteiger partial charge in [-0.05, 0) is 0 Å². The molecule has 0 fully saturated rings. The van der Waals surface area contributed by atoms with Gasteiger partial charge in [0.2, 0.25) is 0 Å². The molecule has 0 N–H and O–H groups in total. The topological polar surface area (TPSA) is 34.1 Å². The van der Waals surface area contributed by atoms with Crippen molar-refractivity contribution in [2.45, 2.75) is 20.3 Å². The zero-order valence-electron chi connectivity index (χ0n) is 5.31. The predicted molar refractivity (Wildman–Crippen MR) is 25.9 cm³/mol. The van der Waals surface area contributed by atoms with E-state index < -0.39 is 0 Å². The molecule has 9 heavy (non-hydrogen) atoms. The third-order valence-corrected chi connectivity index (χ3v) is 0.471. The molecule has 0 atom stereocenters. The summed E-state index contributed by atoms with van der Waals surface area (Å²) in [6.07, 6.45) is 5.39. The number of hydrogen-bond acceptors (Lipinski definition) is 2. The first-order valence-electron chi connectivity index (χ1n) is 2.23. The molecular formula is C5H10O2Pd2-2. The molecule has 0 aliphatic carbocycles. The average molecular weight is 315 g/mol. The molecule has 0 spiro atoms.